The summed E-state index contributed by atoms with van der Waals surface area (Å²) in [6.45, 7) is 2.34. The molecule has 0 aliphatic heterocycles. The average Bonchev–Trinajstić information content (AvgIpc) is 2.32. The number of nitrogens with one attached hydrogen (secondary N) is 1. The molecule has 6 heteroatoms. The Morgan fingerprint density at radius 3 is 2.39 bits per heavy atom. The monoisotopic (exact) mass is 323 g/mol. The van der Waals surface area contributed by atoms with Crippen molar-refractivity contribution in [3.05, 3.63) is 35.1 Å². The molecular formula is C12H13BrF3NO. The molecular weight excluding hydrogens is 311 g/mol. The summed E-state index contributed by atoms with van der Waals surface area (Å²) >= 11 is 3.36. The van der Waals surface area contributed by atoms with E-state index in [0.29, 0.717) is 18.7 Å². The topological polar surface area (TPSA) is 29.1 Å². The minimum absolute atomic E-state index is 0.0987. The Kier molecular flexibility index (Phi) is 5.65. The first-order valence-corrected chi connectivity index (χ1v) is 6.44. The predicted molar refractivity (Wildman–Crippen MR) is 66.3 cm³/mol. The molecule has 0 fully saturated rings. The predicted octanol–water partition coefficient (Wildman–Crippen LogP) is 3.40. The number of carbonyl (C=O) groups is 1. The first-order valence-electron chi connectivity index (χ1n) is 5.52. The Morgan fingerprint density at radius 2 is 1.89 bits per heavy atom. The maximum absolute atomic E-state index is 12.9. The smallest absolute Gasteiger partial charge is 0.251 e. The Hall–Kier alpha value is -1.04. The SMILES string of the molecule is CCCC(Br)CNC(=O)c1cc(F)c(F)c(F)c1. The normalized spacial score (nSPS) is 12.3. The molecule has 1 unspecified atom stereocenters. The first kappa shape index (κ1) is 15.0. The van der Waals surface area contributed by atoms with Gasteiger partial charge in [0.05, 0.1) is 0 Å². The largest absolute Gasteiger partial charge is 0.351 e. The molecule has 0 radical (unpaired) electrons. The standard InChI is InChI=1S/C12H13BrF3NO/c1-2-3-8(13)6-17-12(18)7-4-9(14)11(16)10(15)5-7/h4-5,8H,2-3,6H2,1H3,(H,17,18). The molecule has 0 saturated heterocycles. The van der Waals surface area contributed by atoms with Crippen molar-refractivity contribution in [2.24, 2.45) is 0 Å². The molecule has 0 aliphatic carbocycles. The summed E-state index contributed by atoms with van der Waals surface area (Å²) < 4.78 is 38.5. The Bertz CT molecular complexity index is 416. The Morgan fingerprint density at radius 1 is 1.33 bits per heavy atom. The molecule has 1 aromatic rings. The van der Waals surface area contributed by atoms with Crippen LogP contribution in [0.1, 0.15) is 30.1 Å². The summed E-state index contributed by atoms with van der Waals surface area (Å²) in [6.07, 6.45) is 1.82. The average molecular weight is 324 g/mol. The molecule has 1 aromatic carbocycles. The van der Waals surface area contributed by atoms with Crippen LogP contribution in [0.3, 0.4) is 0 Å². The van der Waals surface area contributed by atoms with Gasteiger partial charge in [-0.25, -0.2) is 13.2 Å². The molecule has 0 heterocycles. The van der Waals surface area contributed by atoms with Crippen LogP contribution in [-0.2, 0) is 0 Å². The van der Waals surface area contributed by atoms with Crippen LogP contribution < -0.4 is 5.32 Å². The fourth-order valence-corrected chi connectivity index (χ4v) is 2.03. The molecule has 1 rings (SSSR count). The number of alkyl halides is 1. The van der Waals surface area contributed by atoms with Crippen LogP contribution in [0.5, 0.6) is 0 Å². The van der Waals surface area contributed by atoms with Crippen LogP contribution in [-0.4, -0.2) is 17.3 Å². The van der Waals surface area contributed by atoms with Gasteiger partial charge in [-0.15, -0.1) is 0 Å². The number of rotatable bonds is 5. The van der Waals surface area contributed by atoms with Gasteiger partial charge in [-0.05, 0) is 18.6 Å². The third-order valence-electron chi connectivity index (χ3n) is 2.33. The van der Waals surface area contributed by atoms with Crippen molar-refractivity contribution in [1.29, 1.82) is 0 Å². The van der Waals surface area contributed by atoms with E-state index in [2.05, 4.69) is 21.2 Å². The van der Waals surface area contributed by atoms with Gasteiger partial charge in [0, 0.05) is 16.9 Å². The molecule has 2 nitrogen and oxygen atoms in total. The van der Waals surface area contributed by atoms with E-state index in [1.807, 2.05) is 6.92 Å². The number of hydrogen-bond donors (Lipinski definition) is 1. The molecule has 0 aromatic heterocycles. The second kappa shape index (κ2) is 6.78. The van der Waals surface area contributed by atoms with Crippen molar-refractivity contribution in [1.82, 2.24) is 5.32 Å². The van der Waals surface area contributed by atoms with Crippen molar-refractivity contribution in [2.75, 3.05) is 6.54 Å². The van der Waals surface area contributed by atoms with Crippen molar-refractivity contribution >= 4 is 21.8 Å². The fraction of sp³-hybridized carbons (Fsp3) is 0.417. The van der Waals surface area contributed by atoms with Crippen molar-refractivity contribution < 1.29 is 18.0 Å². The van der Waals surface area contributed by atoms with E-state index < -0.39 is 23.4 Å². The van der Waals surface area contributed by atoms with Gasteiger partial charge in [-0.1, -0.05) is 29.3 Å². The number of hydrogen-bond acceptors (Lipinski definition) is 1. The molecule has 0 aliphatic rings. The van der Waals surface area contributed by atoms with Gasteiger partial charge in [-0.3, -0.25) is 4.79 Å². The Balaban J connectivity index is 2.67. The van der Waals surface area contributed by atoms with Crippen LogP contribution in [0.25, 0.3) is 0 Å². The van der Waals surface area contributed by atoms with Gasteiger partial charge in [0.15, 0.2) is 17.5 Å². The lowest BCUT2D eigenvalue weighted by molar-refractivity contribution is 0.0952. The van der Waals surface area contributed by atoms with Crippen LogP contribution in [0, 0.1) is 17.5 Å². The van der Waals surface area contributed by atoms with E-state index in [1.54, 1.807) is 0 Å². The van der Waals surface area contributed by atoms with E-state index in [-0.39, 0.29) is 10.4 Å². The summed E-state index contributed by atoms with van der Waals surface area (Å²) in [5.74, 6) is -4.95. The lowest BCUT2D eigenvalue weighted by Gasteiger charge is -2.10. The summed E-state index contributed by atoms with van der Waals surface area (Å²) in [7, 11) is 0. The lowest BCUT2D eigenvalue weighted by atomic mass is 10.2. The van der Waals surface area contributed by atoms with Gasteiger partial charge in [0.25, 0.3) is 5.91 Å². The Labute approximate surface area is 112 Å². The summed E-state index contributed by atoms with van der Waals surface area (Å²) in [4.78, 5) is 11.7. The third-order valence-corrected chi connectivity index (χ3v) is 3.11. The highest BCUT2D eigenvalue weighted by Gasteiger charge is 2.15. The van der Waals surface area contributed by atoms with E-state index in [9.17, 15) is 18.0 Å². The highest BCUT2D eigenvalue weighted by molar-refractivity contribution is 9.09. The fourth-order valence-electron chi connectivity index (χ4n) is 1.41. The van der Waals surface area contributed by atoms with Crippen LogP contribution in [0.2, 0.25) is 0 Å². The summed E-state index contributed by atoms with van der Waals surface area (Å²) in [5, 5.41) is 2.52. The van der Waals surface area contributed by atoms with Gasteiger partial charge < -0.3 is 5.32 Å². The second-order valence-electron chi connectivity index (χ2n) is 3.85. The minimum atomic E-state index is -1.57. The van der Waals surface area contributed by atoms with Gasteiger partial charge in [0.1, 0.15) is 0 Å². The van der Waals surface area contributed by atoms with Gasteiger partial charge in [0.2, 0.25) is 0 Å². The molecule has 1 N–H and O–H groups in total. The molecule has 0 bridgehead atoms. The highest BCUT2D eigenvalue weighted by atomic mass is 79.9. The van der Waals surface area contributed by atoms with Gasteiger partial charge >= 0.3 is 0 Å². The third kappa shape index (κ3) is 4.01. The molecule has 1 amide bonds. The zero-order valence-corrected chi connectivity index (χ0v) is 11.4. The zero-order chi connectivity index (χ0) is 13.7. The maximum Gasteiger partial charge on any atom is 0.251 e. The van der Waals surface area contributed by atoms with Crippen LogP contribution >= 0.6 is 15.9 Å². The van der Waals surface area contributed by atoms with E-state index >= 15 is 0 Å². The molecule has 0 saturated carbocycles. The summed E-state index contributed by atoms with van der Waals surface area (Å²) in [6, 6.07) is 1.35. The number of amides is 1. The maximum atomic E-state index is 12.9. The number of carbonyl (C=O) groups excluding carboxylic acids is 1. The quantitative estimate of drug-likeness (QED) is 0.653. The summed E-state index contributed by atoms with van der Waals surface area (Å²) in [5.41, 5.74) is -0.234. The van der Waals surface area contributed by atoms with E-state index in [1.165, 1.54) is 0 Å². The van der Waals surface area contributed by atoms with Crippen molar-refractivity contribution in [3.63, 3.8) is 0 Å². The number of benzene rings is 1. The zero-order valence-electron chi connectivity index (χ0n) is 9.77. The molecule has 100 valence electrons. The lowest BCUT2D eigenvalue weighted by Crippen LogP contribution is -2.29. The highest BCUT2D eigenvalue weighted by Crippen LogP contribution is 2.14. The molecule has 1 atom stereocenters. The first-order chi connectivity index (χ1) is 8.45. The second-order valence-corrected chi connectivity index (χ2v) is 5.14. The van der Waals surface area contributed by atoms with E-state index in [0.717, 1.165) is 12.8 Å². The van der Waals surface area contributed by atoms with E-state index in [4.69, 9.17) is 0 Å². The van der Waals surface area contributed by atoms with Crippen molar-refractivity contribution in [3.8, 4) is 0 Å². The number of halogens is 4. The molecule has 0 spiro atoms. The van der Waals surface area contributed by atoms with Crippen LogP contribution in [0.15, 0.2) is 12.1 Å². The minimum Gasteiger partial charge on any atom is -0.351 e. The van der Waals surface area contributed by atoms with Crippen LogP contribution in [0.4, 0.5) is 13.2 Å². The molecule has 18 heavy (non-hydrogen) atoms. The van der Waals surface area contributed by atoms with Gasteiger partial charge in [-0.2, -0.15) is 0 Å². The van der Waals surface area contributed by atoms with Crippen molar-refractivity contribution in [2.45, 2.75) is 24.6 Å².